The van der Waals surface area contributed by atoms with E-state index in [0.717, 1.165) is 5.56 Å². The summed E-state index contributed by atoms with van der Waals surface area (Å²) in [6.45, 7) is 0.938. The molecule has 0 aromatic heterocycles. The fraction of sp³-hybridized carbons (Fsp3) is 0.263. The maximum atomic E-state index is 12.0. The lowest BCUT2D eigenvalue weighted by Crippen LogP contribution is -2.29. The maximum Gasteiger partial charge on any atom is 0.335 e. The molecule has 6 nitrogen and oxygen atoms in total. The van der Waals surface area contributed by atoms with Gasteiger partial charge in [-0.3, -0.25) is 4.79 Å². The SMILES string of the molecule is CN1CCC(Oc2cc(OCc3ccccc3)cc(C(=O)O)c2)C1=O. The quantitative estimate of drug-likeness (QED) is 0.874. The first-order chi connectivity index (χ1) is 12.0. The highest BCUT2D eigenvalue weighted by Crippen LogP contribution is 2.26. The minimum Gasteiger partial charge on any atom is -0.489 e. The third-order valence-electron chi connectivity index (χ3n) is 4.03. The molecule has 0 saturated carbocycles. The van der Waals surface area contributed by atoms with E-state index < -0.39 is 12.1 Å². The summed E-state index contributed by atoms with van der Waals surface area (Å²) in [5.74, 6) is -0.480. The van der Waals surface area contributed by atoms with Crippen LogP contribution in [0.3, 0.4) is 0 Å². The topological polar surface area (TPSA) is 76.1 Å². The number of likely N-dealkylation sites (N-methyl/N-ethyl adjacent to an activating group) is 1. The number of carboxylic acid groups (broad SMARTS) is 1. The molecule has 1 atom stereocenters. The molecule has 2 aromatic rings. The van der Waals surface area contributed by atoms with Crippen molar-refractivity contribution < 1.29 is 24.2 Å². The summed E-state index contributed by atoms with van der Waals surface area (Å²) in [4.78, 5) is 24.9. The summed E-state index contributed by atoms with van der Waals surface area (Å²) >= 11 is 0. The molecule has 0 aliphatic carbocycles. The predicted octanol–water partition coefficient (Wildman–Crippen LogP) is 2.57. The number of benzene rings is 2. The van der Waals surface area contributed by atoms with E-state index in [9.17, 15) is 14.7 Å². The molecule has 25 heavy (non-hydrogen) atoms. The zero-order valence-electron chi connectivity index (χ0n) is 13.8. The van der Waals surface area contributed by atoms with Crippen LogP contribution < -0.4 is 9.47 Å². The molecular formula is C19H19NO5. The lowest BCUT2D eigenvalue weighted by molar-refractivity contribution is -0.132. The lowest BCUT2D eigenvalue weighted by atomic mass is 10.2. The highest BCUT2D eigenvalue weighted by Gasteiger charge is 2.31. The number of likely N-dealkylation sites (tertiary alicyclic amines) is 1. The van der Waals surface area contributed by atoms with E-state index in [-0.39, 0.29) is 11.5 Å². The zero-order chi connectivity index (χ0) is 17.8. The standard InChI is InChI=1S/C19H19NO5/c1-20-8-7-17(18(20)21)25-16-10-14(19(22)23)9-15(11-16)24-12-13-5-3-2-4-6-13/h2-6,9-11,17H,7-8,12H2,1H3,(H,22,23). The number of aromatic carboxylic acids is 1. The van der Waals surface area contributed by atoms with Gasteiger partial charge >= 0.3 is 5.97 Å². The molecule has 1 heterocycles. The van der Waals surface area contributed by atoms with Crippen molar-refractivity contribution in [1.29, 1.82) is 0 Å². The number of hydrogen-bond acceptors (Lipinski definition) is 4. The van der Waals surface area contributed by atoms with E-state index in [4.69, 9.17) is 9.47 Å². The first-order valence-corrected chi connectivity index (χ1v) is 7.99. The van der Waals surface area contributed by atoms with Crippen LogP contribution in [0.5, 0.6) is 11.5 Å². The highest BCUT2D eigenvalue weighted by molar-refractivity contribution is 5.89. The molecule has 2 aromatic carbocycles. The second-order valence-corrected chi connectivity index (χ2v) is 5.93. The molecular weight excluding hydrogens is 322 g/mol. The Kier molecular flexibility index (Phi) is 4.88. The van der Waals surface area contributed by atoms with E-state index >= 15 is 0 Å². The number of amides is 1. The van der Waals surface area contributed by atoms with Crippen LogP contribution >= 0.6 is 0 Å². The van der Waals surface area contributed by atoms with Gasteiger partial charge in [-0.05, 0) is 17.7 Å². The van der Waals surface area contributed by atoms with Crippen LogP contribution in [0.15, 0.2) is 48.5 Å². The molecule has 3 rings (SSSR count). The minimum absolute atomic E-state index is 0.0550. The summed E-state index contributed by atoms with van der Waals surface area (Å²) in [7, 11) is 1.72. The van der Waals surface area contributed by atoms with Crippen LogP contribution in [0.25, 0.3) is 0 Å². The molecule has 1 aliphatic rings. The molecule has 6 heteroatoms. The summed E-state index contributed by atoms with van der Waals surface area (Å²) in [5, 5.41) is 9.29. The van der Waals surface area contributed by atoms with Crippen molar-refractivity contribution in [3.05, 3.63) is 59.7 Å². The molecule has 1 saturated heterocycles. The van der Waals surface area contributed by atoms with Gasteiger partial charge in [-0.25, -0.2) is 4.79 Å². The van der Waals surface area contributed by atoms with E-state index in [2.05, 4.69) is 0 Å². The largest absolute Gasteiger partial charge is 0.489 e. The fourth-order valence-corrected chi connectivity index (χ4v) is 2.65. The van der Waals surface area contributed by atoms with Gasteiger partial charge in [0.2, 0.25) is 0 Å². The van der Waals surface area contributed by atoms with Crippen LogP contribution in [0.2, 0.25) is 0 Å². The van der Waals surface area contributed by atoms with Gasteiger partial charge in [0.05, 0.1) is 5.56 Å². The Morgan fingerprint density at radius 3 is 2.56 bits per heavy atom. The van der Waals surface area contributed by atoms with E-state index in [1.54, 1.807) is 18.0 Å². The number of hydrogen-bond donors (Lipinski definition) is 1. The Balaban J connectivity index is 1.77. The molecule has 130 valence electrons. The van der Waals surface area contributed by atoms with Crippen LogP contribution in [-0.2, 0) is 11.4 Å². The monoisotopic (exact) mass is 341 g/mol. The highest BCUT2D eigenvalue weighted by atomic mass is 16.5. The van der Waals surface area contributed by atoms with E-state index in [0.29, 0.717) is 31.1 Å². The number of nitrogens with zero attached hydrogens (tertiary/aromatic N) is 1. The van der Waals surface area contributed by atoms with Gasteiger partial charge in [0.15, 0.2) is 6.10 Å². The van der Waals surface area contributed by atoms with Gasteiger partial charge in [0.25, 0.3) is 5.91 Å². The van der Waals surface area contributed by atoms with Crippen molar-refractivity contribution in [3.8, 4) is 11.5 Å². The number of ether oxygens (including phenoxy) is 2. The van der Waals surface area contributed by atoms with Crippen LogP contribution in [0.1, 0.15) is 22.3 Å². The molecule has 1 N–H and O–H groups in total. The summed E-state index contributed by atoms with van der Waals surface area (Å²) in [6, 6.07) is 14.0. The third-order valence-corrected chi connectivity index (χ3v) is 4.03. The Morgan fingerprint density at radius 2 is 1.92 bits per heavy atom. The minimum atomic E-state index is -1.08. The van der Waals surface area contributed by atoms with Gasteiger partial charge < -0.3 is 19.5 Å². The van der Waals surface area contributed by atoms with Crippen molar-refractivity contribution in [1.82, 2.24) is 4.90 Å². The first-order valence-electron chi connectivity index (χ1n) is 7.99. The Hall–Kier alpha value is -3.02. The number of carbonyl (C=O) groups is 2. The number of rotatable bonds is 6. The van der Waals surface area contributed by atoms with Crippen LogP contribution in [0.4, 0.5) is 0 Å². The van der Waals surface area contributed by atoms with Crippen molar-refractivity contribution in [2.75, 3.05) is 13.6 Å². The smallest absolute Gasteiger partial charge is 0.335 e. The number of carboxylic acids is 1. The Labute approximate surface area is 145 Å². The molecule has 0 bridgehead atoms. The third kappa shape index (κ3) is 4.09. The Morgan fingerprint density at radius 1 is 1.20 bits per heavy atom. The van der Waals surface area contributed by atoms with E-state index in [1.165, 1.54) is 12.1 Å². The normalized spacial score (nSPS) is 16.8. The lowest BCUT2D eigenvalue weighted by Gasteiger charge is -2.15. The molecule has 1 unspecified atom stereocenters. The predicted molar refractivity (Wildman–Crippen MR) is 90.8 cm³/mol. The first kappa shape index (κ1) is 16.8. The molecule has 1 aliphatic heterocycles. The second-order valence-electron chi connectivity index (χ2n) is 5.93. The van der Waals surface area contributed by atoms with Gasteiger partial charge in [0.1, 0.15) is 18.1 Å². The van der Waals surface area contributed by atoms with E-state index in [1.807, 2.05) is 30.3 Å². The molecule has 0 spiro atoms. The molecule has 1 fully saturated rings. The van der Waals surface area contributed by atoms with Crippen LogP contribution in [0, 0.1) is 0 Å². The summed E-state index contributed by atoms with van der Waals surface area (Å²) in [5.41, 5.74) is 1.03. The van der Waals surface area contributed by atoms with Gasteiger partial charge in [-0.15, -0.1) is 0 Å². The second kappa shape index (κ2) is 7.25. The average Bonchev–Trinajstić information content (AvgIpc) is 2.93. The summed E-state index contributed by atoms with van der Waals surface area (Å²) < 4.78 is 11.4. The zero-order valence-corrected chi connectivity index (χ0v) is 13.8. The van der Waals surface area contributed by atoms with Gasteiger partial charge in [0, 0.05) is 26.1 Å². The Bertz CT molecular complexity index is 775. The van der Waals surface area contributed by atoms with Gasteiger partial charge in [-0.1, -0.05) is 30.3 Å². The van der Waals surface area contributed by atoms with Crippen molar-refractivity contribution in [2.24, 2.45) is 0 Å². The average molecular weight is 341 g/mol. The summed E-state index contributed by atoms with van der Waals surface area (Å²) in [6.07, 6.45) is -0.0108. The van der Waals surface area contributed by atoms with Gasteiger partial charge in [-0.2, -0.15) is 0 Å². The maximum absolute atomic E-state index is 12.0. The molecule has 1 amide bonds. The van der Waals surface area contributed by atoms with Crippen molar-refractivity contribution in [3.63, 3.8) is 0 Å². The molecule has 0 radical (unpaired) electrons. The van der Waals surface area contributed by atoms with Crippen molar-refractivity contribution >= 4 is 11.9 Å². The van der Waals surface area contributed by atoms with Crippen molar-refractivity contribution in [2.45, 2.75) is 19.1 Å². The fourth-order valence-electron chi connectivity index (χ4n) is 2.65. The number of carbonyl (C=O) groups excluding carboxylic acids is 1. The van der Waals surface area contributed by atoms with Crippen LogP contribution in [-0.4, -0.2) is 41.6 Å².